The van der Waals surface area contributed by atoms with E-state index < -0.39 is 11.7 Å². The number of H-pyrrole nitrogens is 1. The third kappa shape index (κ3) is 7.99. The first-order chi connectivity index (χ1) is 19.7. The lowest BCUT2D eigenvalue weighted by atomic mass is 9.89. The van der Waals surface area contributed by atoms with Gasteiger partial charge in [0.25, 0.3) is 11.9 Å². The topological polar surface area (TPSA) is 191 Å². The lowest BCUT2D eigenvalue weighted by molar-refractivity contribution is -0.134. The number of aliphatic carboxylic acids is 1. The Balaban J connectivity index is 0.00000108. The summed E-state index contributed by atoms with van der Waals surface area (Å²) in [4.78, 5) is 33.0. The summed E-state index contributed by atoms with van der Waals surface area (Å²) >= 11 is 0. The largest absolute Gasteiger partial charge is 0.493 e. The third-order valence-electron chi connectivity index (χ3n) is 5.97. The van der Waals surface area contributed by atoms with Crippen molar-refractivity contribution in [1.29, 1.82) is 5.41 Å². The van der Waals surface area contributed by atoms with Gasteiger partial charge in [0, 0.05) is 43.5 Å². The maximum atomic E-state index is 12.8. The maximum Gasteiger partial charge on any atom is 0.350 e. The highest BCUT2D eigenvalue weighted by Crippen LogP contribution is 2.37. The van der Waals surface area contributed by atoms with Crippen molar-refractivity contribution in [2.75, 3.05) is 27.9 Å². The Morgan fingerprint density at radius 2 is 1.78 bits per heavy atom. The standard InChI is InChI=1S/C26H29N7O4.C2H4O2/c1-35-12-9-18-14-19(15-21(36-2)22(18)37-3)20(13-16-5-7-17(8-6-16)23(27)28)24-31-26(34)33(32-24)25-29-10-4-11-30-25;1-2(3)4/h4-8,10-11,14-15,20H,9,12-13H2,1-3H3,(H3,27,28)(H,31,32,34);1H3,(H,3,4). The normalized spacial score (nSPS) is 11.2. The number of methoxy groups -OCH3 is 3. The van der Waals surface area contributed by atoms with Crippen LogP contribution in [0.15, 0.2) is 59.7 Å². The summed E-state index contributed by atoms with van der Waals surface area (Å²) in [5.74, 6) is 0.616. The number of nitrogen functional groups attached to an aromatic ring is 1. The van der Waals surface area contributed by atoms with Gasteiger partial charge in [0.1, 0.15) is 11.7 Å². The molecule has 41 heavy (non-hydrogen) atoms. The van der Waals surface area contributed by atoms with E-state index in [9.17, 15) is 4.79 Å². The third-order valence-corrected chi connectivity index (χ3v) is 5.97. The summed E-state index contributed by atoms with van der Waals surface area (Å²) in [6.45, 7) is 1.58. The molecule has 13 nitrogen and oxygen atoms in total. The van der Waals surface area contributed by atoms with Crippen LogP contribution in [0.4, 0.5) is 0 Å². The summed E-state index contributed by atoms with van der Waals surface area (Å²) in [6, 6.07) is 13.0. The highest BCUT2D eigenvalue weighted by atomic mass is 16.5. The Labute approximate surface area is 236 Å². The van der Waals surface area contributed by atoms with Gasteiger partial charge in [-0.2, -0.15) is 0 Å². The minimum atomic E-state index is -0.833. The number of aromatic nitrogens is 5. The molecule has 0 saturated carbocycles. The van der Waals surface area contributed by atoms with Crippen molar-refractivity contribution in [1.82, 2.24) is 24.7 Å². The number of carboxylic acid groups (broad SMARTS) is 1. The van der Waals surface area contributed by atoms with Gasteiger partial charge >= 0.3 is 5.69 Å². The van der Waals surface area contributed by atoms with E-state index in [1.54, 1.807) is 51.9 Å². The highest BCUT2D eigenvalue weighted by Gasteiger charge is 2.24. The zero-order valence-electron chi connectivity index (χ0n) is 23.2. The number of nitrogens with one attached hydrogen (secondary N) is 2. The lowest BCUT2D eigenvalue weighted by Crippen LogP contribution is -2.18. The van der Waals surface area contributed by atoms with E-state index in [1.807, 2.05) is 24.3 Å². The Bertz CT molecular complexity index is 1510. The smallest absolute Gasteiger partial charge is 0.350 e. The van der Waals surface area contributed by atoms with Crippen molar-refractivity contribution in [3.8, 4) is 17.4 Å². The number of ether oxygens (including phenoxy) is 3. The van der Waals surface area contributed by atoms with E-state index in [0.717, 1.165) is 28.3 Å². The van der Waals surface area contributed by atoms with Crippen LogP contribution >= 0.6 is 0 Å². The molecule has 4 rings (SSSR count). The maximum absolute atomic E-state index is 12.8. The molecule has 0 spiro atoms. The molecule has 0 fully saturated rings. The first-order valence-electron chi connectivity index (χ1n) is 12.5. The van der Waals surface area contributed by atoms with Crippen LogP contribution in [0.25, 0.3) is 5.95 Å². The Hall–Kier alpha value is -5.04. The van der Waals surface area contributed by atoms with Crippen molar-refractivity contribution in [2.45, 2.75) is 25.7 Å². The van der Waals surface area contributed by atoms with Gasteiger partial charge in [-0.3, -0.25) is 15.2 Å². The fourth-order valence-electron chi connectivity index (χ4n) is 4.13. The van der Waals surface area contributed by atoms with E-state index in [0.29, 0.717) is 42.3 Å². The van der Waals surface area contributed by atoms with Crippen LogP contribution in [0.5, 0.6) is 11.5 Å². The quantitative estimate of drug-likeness (QED) is 0.155. The van der Waals surface area contributed by atoms with Crippen LogP contribution in [0.1, 0.15) is 40.9 Å². The number of hydrogen-bond donors (Lipinski definition) is 4. The molecule has 0 aliphatic carbocycles. The number of nitrogens with zero attached hydrogens (tertiary/aromatic N) is 4. The predicted molar refractivity (Wildman–Crippen MR) is 151 cm³/mol. The van der Waals surface area contributed by atoms with Crippen molar-refractivity contribution in [3.05, 3.63) is 93.4 Å². The molecule has 4 aromatic rings. The van der Waals surface area contributed by atoms with E-state index in [2.05, 4.69) is 20.1 Å². The molecule has 2 heterocycles. The van der Waals surface area contributed by atoms with E-state index in [1.165, 1.54) is 0 Å². The Kier molecular flexibility index (Phi) is 10.7. The molecule has 0 aliphatic rings. The fraction of sp³-hybridized carbons (Fsp3) is 0.286. The fourth-order valence-corrected chi connectivity index (χ4v) is 4.13. The summed E-state index contributed by atoms with van der Waals surface area (Å²) < 4.78 is 17.7. The summed E-state index contributed by atoms with van der Waals surface area (Å²) in [5, 5.41) is 19.6. The first-order valence-corrected chi connectivity index (χ1v) is 12.5. The summed E-state index contributed by atoms with van der Waals surface area (Å²) in [7, 11) is 4.82. The van der Waals surface area contributed by atoms with Gasteiger partial charge in [0.2, 0.25) is 0 Å². The molecular formula is C28H33N7O6. The molecule has 0 saturated heterocycles. The lowest BCUT2D eigenvalue weighted by Gasteiger charge is -2.20. The van der Waals surface area contributed by atoms with Crippen LogP contribution in [0.3, 0.4) is 0 Å². The van der Waals surface area contributed by atoms with Crippen molar-refractivity contribution < 1.29 is 24.1 Å². The number of hydrogen-bond acceptors (Lipinski definition) is 9. The number of benzene rings is 2. The number of aromatic amines is 1. The van der Waals surface area contributed by atoms with Gasteiger partial charge in [-0.15, -0.1) is 9.78 Å². The molecule has 2 aromatic heterocycles. The molecule has 216 valence electrons. The molecular weight excluding hydrogens is 530 g/mol. The Morgan fingerprint density at radius 1 is 1.12 bits per heavy atom. The molecule has 13 heteroatoms. The predicted octanol–water partition coefficient (Wildman–Crippen LogP) is 2.31. The second kappa shape index (κ2) is 14.4. The number of amidine groups is 1. The zero-order valence-corrected chi connectivity index (χ0v) is 23.2. The molecule has 2 aromatic carbocycles. The van der Waals surface area contributed by atoms with Crippen LogP contribution in [0.2, 0.25) is 0 Å². The average molecular weight is 564 g/mol. The molecule has 0 aliphatic heterocycles. The SMILES string of the molecule is CC(=O)O.COCCc1cc(C(Cc2ccc(C(=N)N)cc2)c2nn(-c3ncccn3)c(=O)[nH]2)cc(OC)c1OC. The zero-order chi connectivity index (χ0) is 29.9. The van der Waals surface area contributed by atoms with Crippen LogP contribution in [-0.4, -0.2) is 69.6 Å². The highest BCUT2D eigenvalue weighted by molar-refractivity contribution is 5.94. The molecule has 1 atom stereocenters. The van der Waals surface area contributed by atoms with Crippen LogP contribution in [0, 0.1) is 5.41 Å². The second-order valence-electron chi connectivity index (χ2n) is 8.82. The molecule has 5 N–H and O–H groups in total. The molecule has 0 radical (unpaired) electrons. The van der Waals surface area contributed by atoms with Crippen LogP contribution in [-0.2, 0) is 22.4 Å². The monoisotopic (exact) mass is 563 g/mol. The van der Waals surface area contributed by atoms with Gasteiger partial charge in [-0.1, -0.05) is 30.3 Å². The van der Waals surface area contributed by atoms with E-state index >= 15 is 0 Å². The van der Waals surface area contributed by atoms with Crippen molar-refractivity contribution in [2.24, 2.45) is 5.73 Å². The average Bonchev–Trinajstić information content (AvgIpc) is 3.35. The van der Waals surface area contributed by atoms with E-state index in [4.69, 9.17) is 35.3 Å². The number of carbonyl (C=O) groups is 1. The second-order valence-corrected chi connectivity index (χ2v) is 8.82. The summed E-state index contributed by atoms with van der Waals surface area (Å²) in [5.41, 5.74) is 8.55. The van der Waals surface area contributed by atoms with Crippen molar-refractivity contribution in [3.63, 3.8) is 0 Å². The van der Waals surface area contributed by atoms with Gasteiger partial charge in [-0.25, -0.2) is 14.8 Å². The molecule has 0 bridgehead atoms. The van der Waals surface area contributed by atoms with Gasteiger partial charge in [-0.05, 0) is 36.1 Å². The number of nitrogens with two attached hydrogens (primary N) is 1. The number of rotatable bonds is 11. The molecule has 0 amide bonds. The van der Waals surface area contributed by atoms with Crippen molar-refractivity contribution >= 4 is 11.8 Å². The minimum absolute atomic E-state index is 0.00305. The van der Waals surface area contributed by atoms with E-state index in [-0.39, 0.29) is 17.7 Å². The number of carboxylic acids is 1. The minimum Gasteiger partial charge on any atom is -0.493 e. The Morgan fingerprint density at radius 3 is 2.34 bits per heavy atom. The summed E-state index contributed by atoms with van der Waals surface area (Å²) in [6.07, 6.45) is 4.20. The van der Waals surface area contributed by atoms with Gasteiger partial charge < -0.3 is 25.1 Å². The van der Waals surface area contributed by atoms with Gasteiger partial charge in [0.05, 0.1) is 20.8 Å². The first kappa shape index (κ1) is 30.5. The van der Waals surface area contributed by atoms with Crippen LogP contribution < -0.4 is 20.9 Å². The van der Waals surface area contributed by atoms with Gasteiger partial charge in [0.15, 0.2) is 11.5 Å². The molecule has 1 unspecified atom stereocenters.